The molecule has 3 heterocycles. The summed E-state index contributed by atoms with van der Waals surface area (Å²) in [6, 6.07) is -0.399. The van der Waals surface area contributed by atoms with E-state index in [1.165, 1.54) is 11.2 Å². The number of carbonyl (C=O) groups is 5. The van der Waals surface area contributed by atoms with Gasteiger partial charge in [0.1, 0.15) is 11.9 Å². The molecule has 1 saturated heterocycles. The van der Waals surface area contributed by atoms with Crippen molar-refractivity contribution in [1.29, 1.82) is 0 Å². The molecule has 1 aromatic rings. The number of ether oxygens (including phenoxy) is 2. The van der Waals surface area contributed by atoms with Gasteiger partial charge in [0.05, 0.1) is 18.6 Å². The molecule has 13 atom stereocenters. The van der Waals surface area contributed by atoms with E-state index in [0.29, 0.717) is 62.7 Å². The lowest BCUT2D eigenvalue weighted by Crippen LogP contribution is -2.57. The lowest BCUT2D eigenvalue weighted by Gasteiger charge is -2.39. The first-order valence-electron chi connectivity index (χ1n) is 25.5. The first-order chi connectivity index (χ1) is 32.7. The first-order valence-corrected chi connectivity index (χ1v) is 25.5. The molecule has 6 unspecified atom stereocenters. The molecule has 14 nitrogen and oxygen atoms in total. The van der Waals surface area contributed by atoms with E-state index in [0.717, 1.165) is 43.3 Å². The number of carbonyl (C=O) groups excluding carboxylic acids is 4. The number of carboxylic acids is 1. The fourth-order valence-electron chi connectivity index (χ4n) is 10.5. The number of hydrogen-bond donors (Lipinski definition) is 2. The van der Waals surface area contributed by atoms with Crippen molar-refractivity contribution in [2.24, 2.45) is 47.3 Å². The predicted octanol–water partition coefficient (Wildman–Crippen LogP) is 9.59. The third kappa shape index (κ3) is 16.2. The monoisotopic (exact) mass is 958 g/mol. The van der Waals surface area contributed by atoms with Crippen LogP contribution in [0.15, 0.2) is 78.2 Å². The first kappa shape index (κ1) is 56.9. The number of rotatable bonds is 26. The van der Waals surface area contributed by atoms with Crippen molar-refractivity contribution < 1.29 is 43.7 Å². The van der Waals surface area contributed by atoms with E-state index in [1.54, 1.807) is 24.9 Å². The number of Topliss-reactive ketones (excluding diaryl/α,β-unsaturated/α-hetero) is 3. The summed E-state index contributed by atoms with van der Waals surface area (Å²) >= 11 is 0. The lowest BCUT2D eigenvalue weighted by atomic mass is 9.73. The molecule has 3 aliphatic rings. The molecular weight excluding hydrogens is 875 g/mol. The van der Waals surface area contributed by atoms with E-state index in [-0.39, 0.29) is 65.7 Å². The summed E-state index contributed by atoms with van der Waals surface area (Å²) in [4.78, 5) is 68.4. The summed E-state index contributed by atoms with van der Waals surface area (Å²) in [5.74, 6) is -4.21. The van der Waals surface area contributed by atoms with Crippen molar-refractivity contribution in [3.63, 3.8) is 0 Å². The number of aromatic nitrogens is 4. The predicted molar refractivity (Wildman–Crippen MR) is 267 cm³/mol. The molecule has 69 heavy (non-hydrogen) atoms. The number of allylic oxidation sites excluding steroid dienone is 8. The fraction of sp³-hybridized carbons (Fsp3) is 0.673. The molecule has 14 heteroatoms. The molecule has 2 fully saturated rings. The zero-order valence-electron chi connectivity index (χ0n) is 43.2. The average Bonchev–Trinajstić information content (AvgIpc) is 3.86. The second-order valence-corrected chi connectivity index (χ2v) is 20.8. The quantitative estimate of drug-likeness (QED) is 0.0509. The Morgan fingerprint density at radius 3 is 2.42 bits per heavy atom. The Balaban J connectivity index is 1.20. The van der Waals surface area contributed by atoms with Gasteiger partial charge in [-0.2, -0.15) is 4.80 Å². The van der Waals surface area contributed by atoms with Gasteiger partial charge in [-0.3, -0.25) is 24.0 Å². The van der Waals surface area contributed by atoms with Gasteiger partial charge < -0.3 is 24.6 Å². The summed E-state index contributed by atoms with van der Waals surface area (Å²) in [6.45, 7) is 22.4. The van der Waals surface area contributed by atoms with Crippen molar-refractivity contribution in [2.45, 2.75) is 176 Å². The number of methoxy groups -OCH3 is 1. The number of tetrazole rings is 1. The third-order valence-corrected chi connectivity index (χ3v) is 15.3. The summed E-state index contributed by atoms with van der Waals surface area (Å²) in [6.07, 6.45) is 24.7. The largest absolute Gasteiger partial charge is 0.481 e. The van der Waals surface area contributed by atoms with Gasteiger partial charge in [-0.25, -0.2) is 0 Å². The molecule has 0 radical (unpaired) electrons. The van der Waals surface area contributed by atoms with Gasteiger partial charge in [0, 0.05) is 49.8 Å². The maximum Gasteiger partial charge on any atom is 0.305 e. The Bertz CT molecular complexity index is 2060. The number of aliphatic carboxylic acids is 1. The van der Waals surface area contributed by atoms with Gasteiger partial charge in [0.15, 0.2) is 12.1 Å². The van der Waals surface area contributed by atoms with Crippen LogP contribution < -0.4 is 0 Å². The van der Waals surface area contributed by atoms with Crippen LogP contribution in [0.1, 0.15) is 152 Å². The molecule has 2 aliphatic heterocycles. The Kier molecular flexibility index (Phi) is 22.3. The van der Waals surface area contributed by atoms with Crippen LogP contribution in [0.4, 0.5) is 0 Å². The van der Waals surface area contributed by atoms with Crippen molar-refractivity contribution in [2.75, 3.05) is 13.7 Å². The van der Waals surface area contributed by atoms with Crippen LogP contribution in [-0.4, -0.2) is 102 Å². The molecule has 1 amide bonds. The van der Waals surface area contributed by atoms with Crippen LogP contribution in [0.3, 0.4) is 0 Å². The van der Waals surface area contributed by atoms with Crippen molar-refractivity contribution in [1.82, 2.24) is 25.1 Å². The standard InChI is InChI=1S/C55H83N5O9/c1-12-45-32-44(23-26-48(45)60-57-34-56-58-60)30-37(4)38(5)31-49(61)40(7)29-39(6)43(10)52(68-11)51(64)41(8)28-36(3)19-15-13-14-18-35(2)21-24-47-25-22-42(9)55(67,69-47)53(65)54(66)59-27-17-16-20-46(59)33-50(62)63/h12-15,18-19,22,29,34,36-38,40-41,43-48,52,67H,1,16-17,20-21,23-28,30-33H2,2-11H3,(H,62,63)/b14-13+,19-15+,35-18+,39-29+/t36-,37?,38+,40-,41?,43-,44+,45?,46?,47-,48+,52?,55?/m1/s1. The normalized spacial score (nSPS) is 27.0. The minimum absolute atomic E-state index is 0.0483. The average molecular weight is 958 g/mol. The Hall–Kier alpha value is -4.66. The number of piperidine rings is 1. The van der Waals surface area contributed by atoms with Gasteiger partial charge in [-0.05, 0) is 126 Å². The second-order valence-electron chi connectivity index (χ2n) is 20.8. The van der Waals surface area contributed by atoms with Crippen molar-refractivity contribution in [3.8, 4) is 0 Å². The van der Waals surface area contributed by atoms with Crippen LogP contribution in [0.2, 0.25) is 0 Å². The SMILES string of the molecule is C=CC1C[C@H](CC(C)[C@@H](C)CC(=O)[C@H](C)/C=C(\C)[C@@H](C)C(OC)C(=O)C(C)C[C@H](C)/C=C/C=C/C=C(\C)CC[C@@H]2CC=C(C)C(O)(C(=O)C(=O)N3CCCCC3CC(=O)O)O2)CC[C@@H]1n1ncnn1. The van der Waals surface area contributed by atoms with Crippen LogP contribution in [0.5, 0.6) is 0 Å². The maximum absolute atomic E-state index is 13.8. The van der Waals surface area contributed by atoms with Crippen LogP contribution in [0.25, 0.3) is 0 Å². The van der Waals surface area contributed by atoms with E-state index in [9.17, 15) is 34.2 Å². The highest BCUT2D eigenvalue weighted by molar-refractivity contribution is 6.39. The van der Waals surface area contributed by atoms with Crippen LogP contribution in [-0.2, 0) is 33.4 Å². The Morgan fingerprint density at radius 1 is 1.01 bits per heavy atom. The van der Waals surface area contributed by atoms with Gasteiger partial charge in [-0.15, -0.1) is 16.8 Å². The summed E-state index contributed by atoms with van der Waals surface area (Å²) in [5.41, 5.74) is 2.30. The van der Waals surface area contributed by atoms with Crippen molar-refractivity contribution >= 4 is 29.2 Å². The van der Waals surface area contributed by atoms with Crippen LogP contribution in [0, 0.1) is 47.3 Å². The summed E-state index contributed by atoms with van der Waals surface area (Å²) < 4.78 is 11.7. The number of hydrogen-bond acceptors (Lipinski definition) is 11. The van der Waals surface area contributed by atoms with Crippen LogP contribution >= 0.6 is 0 Å². The fourth-order valence-corrected chi connectivity index (χ4v) is 10.5. The number of ketones is 3. The molecule has 1 aromatic heterocycles. The number of carboxylic acid groups (broad SMARTS) is 1. The van der Waals surface area contributed by atoms with E-state index >= 15 is 0 Å². The molecule has 0 bridgehead atoms. The highest BCUT2D eigenvalue weighted by Gasteiger charge is 2.49. The molecule has 0 spiro atoms. The molecule has 1 aliphatic carbocycles. The molecule has 1 saturated carbocycles. The molecule has 2 N–H and O–H groups in total. The maximum atomic E-state index is 13.8. The highest BCUT2D eigenvalue weighted by atomic mass is 16.6. The van der Waals surface area contributed by atoms with Gasteiger partial charge >= 0.3 is 5.97 Å². The molecular formula is C55H83N5O9. The zero-order chi connectivity index (χ0) is 51.0. The van der Waals surface area contributed by atoms with E-state index in [1.807, 2.05) is 71.1 Å². The summed E-state index contributed by atoms with van der Waals surface area (Å²) in [5, 5.41) is 33.0. The summed E-state index contributed by atoms with van der Waals surface area (Å²) in [7, 11) is 1.58. The number of aliphatic hydroxyl groups is 1. The Morgan fingerprint density at radius 2 is 1.75 bits per heavy atom. The topological polar surface area (TPSA) is 191 Å². The third-order valence-electron chi connectivity index (χ3n) is 15.3. The zero-order valence-corrected chi connectivity index (χ0v) is 43.2. The number of nitrogens with zero attached hydrogens (tertiary/aromatic N) is 5. The molecule has 0 aromatic carbocycles. The molecule has 382 valence electrons. The van der Waals surface area contributed by atoms with Gasteiger partial charge in [0.25, 0.3) is 17.5 Å². The number of likely N-dealkylation sites (tertiary alicyclic amines) is 1. The highest BCUT2D eigenvalue weighted by Crippen LogP contribution is 2.41. The Labute approximate surface area is 411 Å². The minimum atomic E-state index is -2.39. The molecule has 4 rings (SSSR count). The van der Waals surface area contributed by atoms with E-state index in [4.69, 9.17) is 9.47 Å². The van der Waals surface area contributed by atoms with E-state index < -0.39 is 41.7 Å². The van der Waals surface area contributed by atoms with Gasteiger partial charge in [-0.1, -0.05) is 101 Å². The van der Waals surface area contributed by atoms with Crippen molar-refractivity contribution in [3.05, 3.63) is 78.2 Å². The number of amides is 1. The second kappa shape index (κ2) is 27.1. The van der Waals surface area contributed by atoms with Gasteiger partial charge in [0.2, 0.25) is 0 Å². The smallest absolute Gasteiger partial charge is 0.305 e. The minimum Gasteiger partial charge on any atom is -0.481 e. The lowest BCUT2D eigenvalue weighted by molar-refractivity contribution is -0.212. The van der Waals surface area contributed by atoms with E-state index in [2.05, 4.69) is 48.8 Å².